The van der Waals surface area contributed by atoms with Crippen molar-refractivity contribution in [3.8, 4) is 17.0 Å². The summed E-state index contributed by atoms with van der Waals surface area (Å²) in [6.07, 6.45) is 3.93. The molecule has 31 heavy (non-hydrogen) atoms. The van der Waals surface area contributed by atoms with Gasteiger partial charge in [-0.1, -0.05) is 18.2 Å². The molecule has 0 saturated heterocycles. The summed E-state index contributed by atoms with van der Waals surface area (Å²) in [5.41, 5.74) is 4.06. The lowest BCUT2D eigenvalue weighted by atomic mass is 10.1. The molecular weight excluding hydrogens is 396 g/mol. The molecule has 0 aliphatic heterocycles. The van der Waals surface area contributed by atoms with Crippen molar-refractivity contribution < 1.29 is 14.5 Å². The van der Waals surface area contributed by atoms with Gasteiger partial charge in [0.25, 0.3) is 5.91 Å². The summed E-state index contributed by atoms with van der Waals surface area (Å²) in [7, 11) is 0. The third kappa shape index (κ3) is 4.23. The maximum absolute atomic E-state index is 12.7. The number of amides is 1. The highest BCUT2D eigenvalue weighted by Gasteiger charge is 2.19. The number of nitro groups is 1. The van der Waals surface area contributed by atoms with Crippen molar-refractivity contribution in [3.05, 3.63) is 88.2 Å². The van der Waals surface area contributed by atoms with Crippen LogP contribution in [0.3, 0.4) is 0 Å². The second kappa shape index (κ2) is 8.27. The molecule has 8 heteroatoms. The summed E-state index contributed by atoms with van der Waals surface area (Å²) >= 11 is 0. The Hall–Kier alpha value is -4.20. The molecule has 2 aromatic heterocycles. The van der Waals surface area contributed by atoms with E-state index in [2.05, 4.69) is 10.3 Å². The van der Waals surface area contributed by atoms with Gasteiger partial charge in [-0.05, 0) is 49.7 Å². The van der Waals surface area contributed by atoms with Crippen molar-refractivity contribution in [2.45, 2.75) is 13.8 Å². The zero-order valence-corrected chi connectivity index (χ0v) is 17.0. The van der Waals surface area contributed by atoms with Crippen molar-refractivity contribution in [2.24, 2.45) is 0 Å². The van der Waals surface area contributed by atoms with Crippen LogP contribution in [0.5, 0.6) is 5.75 Å². The molecule has 156 valence electrons. The summed E-state index contributed by atoms with van der Waals surface area (Å²) in [6, 6.07) is 15.4. The predicted molar refractivity (Wildman–Crippen MR) is 118 cm³/mol. The van der Waals surface area contributed by atoms with Gasteiger partial charge in [-0.25, -0.2) is 4.98 Å². The number of nitro benzene ring substituents is 1. The standard InChI is InChI=1S/C23H20N4O4/c1-3-31-21-9-8-17(12-20(21)27(29)30)23(28)24-18-6-4-5-16(11-18)19-14-26-13-15(2)7-10-22(26)25-19/h4-14H,3H2,1-2H3,(H,24,28). The molecule has 1 N–H and O–H groups in total. The normalized spacial score (nSPS) is 10.8. The van der Waals surface area contributed by atoms with E-state index in [9.17, 15) is 14.9 Å². The molecule has 0 atom stereocenters. The topological polar surface area (TPSA) is 98.8 Å². The molecule has 2 aromatic carbocycles. The molecular formula is C23H20N4O4. The number of rotatable bonds is 6. The van der Waals surface area contributed by atoms with Crippen molar-refractivity contribution in [1.29, 1.82) is 0 Å². The molecule has 2 heterocycles. The van der Waals surface area contributed by atoms with E-state index in [1.807, 2.05) is 54.0 Å². The van der Waals surface area contributed by atoms with Crippen LogP contribution in [0.15, 0.2) is 67.0 Å². The number of aromatic nitrogens is 2. The van der Waals surface area contributed by atoms with E-state index in [1.54, 1.807) is 13.0 Å². The summed E-state index contributed by atoms with van der Waals surface area (Å²) in [6.45, 7) is 4.05. The highest BCUT2D eigenvalue weighted by molar-refractivity contribution is 6.05. The summed E-state index contributed by atoms with van der Waals surface area (Å²) < 4.78 is 7.22. The minimum absolute atomic E-state index is 0.133. The summed E-state index contributed by atoms with van der Waals surface area (Å²) in [4.78, 5) is 28.1. The molecule has 4 aromatic rings. The number of fused-ring (bicyclic) bond motifs is 1. The number of ether oxygens (including phenoxy) is 1. The first-order valence-corrected chi connectivity index (χ1v) is 9.73. The monoisotopic (exact) mass is 416 g/mol. The van der Waals surface area contributed by atoms with Gasteiger partial charge in [-0.15, -0.1) is 0 Å². The van der Waals surface area contributed by atoms with Crippen LogP contribution in [0.25, 0.3) is 16.9 Å². The Balaban J connectivity index is 1.59. The van der Waals surface area contributed by atoms with Crippen LogP contribution in [0.2, 0.25) is 0 Å². The second-order valence-electron chi connectivity index (χ2n) is 7.01. The van der Waals surface area contributed by atoms with Gasteiger partial charge in [0.1, 0.15) is 5.65 Å². The Bertz CT molecular complexity index is 1300. The van der Waals surface area contributed by atoms with Crippen molar-refractivity contribution >= 4 is 22.9 Å². The largest absolute Gasteiger partial charge is 0.487 e. The number of benzene rings is 2. The Kier molecular flexibility index (Phi) is 5.36. The SMILES string of the molecule is CCOc1ccc(C(=O)Nc2cccc(-c3cn4cc(C)ccc4n3)c2)cc1[N+](=O)[O-]. The van der Waals surface area contributed by atoms with E-state index in [0.29, 0.717) is 12.3 Å². The lowest BCUT2D eigenvalue weighted by Gasteiger charge is -2.08. The van der Waals surface area contributed by atoms with Gasteiger partial charge >= 0.3 is 5.69 Å². The maximum Gasteiger partial charge on any atom is 0.311 e. The minimum atomic E-state index is -0.562. The molecule has 0 aliphatic carbocycles. The molecule has 0 fully saturated rings. The van der Waals surface area contributed by atoms with Crippen LogP contribution in [0, 0.1) is 17.0 Å². The van der Waals surface area contributed by atoms with Crippen molar-refractivity contribution in [1.82, 2.24) is 9.38 Å². The van der Waals surface area contributed by atoms with Gasteiger partial charge in [0, 0.05) is 35.3 Å². The van der Waals surface area contributed by atoms with Gasteiger partial charge < -0.3 is 14.5 Å². The fraction of sp³-hybridized carbons (Fsp3) is 0.130. The van der Waals surface area contributed by atoms with Crippen molar-refractivity contribution in [3.63, 3.8) is 0 Å². The highest BCUT2D eigenvalue weighted by atomic mass is 16.6. The van der Waals surface area contributed by atoms with Crippen LogP contribution in [-0.4, -0.2) is 26.8 Å². The molecule has 8 nitrogen and oxygen atoms in total. The smallest absolute Gasteiger partial charge is 0.311 e. The van der Waals surface area contributed by atoms with E-state index in [-0.39, 0.29) is 17.0 Å². The second-order valence-corrected chi connectivity index (χ2v) is 7.01. The summed E-state index contributed by atoms with van der Waals surface area (Å²) in [5, 5.41) is 14.1. The van der Waals surface area contributed by atoms with E-state index in [4.69, 9.17) is 4.74 Å². The van der Waals surface area contributed by atoms with E-state index < -0.39 is 10.8 Å². The predicted octanol–water partition coefficient (Wildman–Crippen LogP) is 4.87. The summed E-state index contributed by atoms with van der Waals surface area (Å²) in [5.74, 6) is -0.318. The van der Waals surface area contributed by atoms with E-state index in [0.717, 1.165) is 22.5 Å². The van der Waals surface area contributed by atoms with Crippen LogP contribution < -0.4 is 10.1 Å². The number of nitrogens with zero attached hydrogens (tertiary/aromatic N) is 3. The first-order valence-electron chi connectivity index (χ1n) is 9.73. The Morgan fingerprint density at radius 3 is 2.77 bits per heavy atom. The third-order valence-corrected chi connectivity index (χ3v) is 4.73. The van der Waals surface area contributed by atoms with Gasteiger partial charge in [0.05, 0.1) is 17.2 Å². The molecule has 0 radical (unpaired) electrons. The molecule has 1 amide bonds. The Labute approximate surface area is 178 Å². The zero-order chi connectivity index (χ0) is 22.0. The van der Waals surface area contributed by atoms with E-state index >= 15 is 0 Å². The number of aryl methyl sites for hydroxylation is 1. The number of hydrogen-bond acceptors (Lipinski definition) is 5. The Morgan fingerprint density at radius 1 is 1.16 bits per heavy atom. The van der Waals surface area contributed by atoms with Crippen molar-refractivity contribution in [2.75, 3.05) is 11.9 Å². The quantitative estimate of drug-likeness (QED) is 0.357. The number of anilines is 1. The fourth-order valence-electron chi connectivity index (χ4n) is 3.28. The first kappa shape index (κ1) is 20.1. The number of carbonyl (C=O) groups is 1. The Morgan fingerprint density at radius 2 is 2.00 bits per heavy atom. The molecule has 0 saturated carbocycles. The fourth-order valence-corrected chi connectivity index (χ4v) is 3.28. The van der Waals surface area contributed by atoms with Gasteiger partial charge in [0.2, 0.25) is 0 Å². The average molecular weight is 416 g/mol. The minimum Gasteiger partial charge on any atom is -0.487 e. The molecule has 0 bridgehead atoms. The molecule has 4 rings (SSSR count). The number of carbonyl (C=O) groups excluding carboxylic acids is 1. The molecule has 0 aliphatic rings. The molecule has 0 spiro atoms. The number of hydrogen-bond donors (Lipinski definition) is 1. The lowest BCUT2D eigenvalue weighted by molar-refractivity contribution is -0.385. The first-order chi connectivity index (χ1) is 14.9. The van der Waals surface area contributed by atoms with Gasteiger partial charge in [0.15, 0.2) is 5.75 Å². The van der Waals surface area contributed by atoms with Gasteiger partial charge in [-0.2, -0.15) is 0 Å². The molecule has 0 unspecified atom stereocenters. The lowest BCUT2D eigenvalue weighted by Crippen LogP contribution is -2.12. The maximum atomic E-state index is 12.7. The third-order valence-electron chi connectivity index (χ3n) is 4.73. The highest BCUT2D eigenvalue weighted by Crippen LogP contribution is 2.29. The van der Waals surface area contributed by atoms with E-state index in [1.165, 1.54) is 18.2 Å². The van der Waals surface area contributed by atoms with Crippen LogP contribution >= 0.6 is 0 Å². The average Bonchev–Trinajstić information content (AvgIpc) is 3.17. The van der Waals surface area contributed by atoms with Crippen LogP contribution in [0.4, 0.5) is 11.4 Å². The zero-order valence-electron chi connectivity index (χ0n) is 17.0. The number of pyridine rings is 1. The van der Waals surface area contributed by atoms with Crippen LogP contribution in [-0.2, 0) is 0 Å². The number of nitrogens with one attached hydrogen (secondary N) is 1. The van der Waals surface area contributed by atoms with Crippen LogP contribution in [0.1, 0.15) is 22.8 Å². The number of imidazole rings is 1. The van der Waals surface area contributed by atoms with Gasteiger partial charge in [-0.3, -0.25) is 14.9 Å².